The molecule has 0 saturated carbocycles. The van der Waals surface area contributed by atoms with Gasteiger partial charge in [-0.2, -0.15) is 0 Å². The van der Waals surface area contributed by atoms with Gasteiger partial charge in [0.2, 0.25) is 11.8 Å². The SMILES string of the molecule is CCCCCCCC(=O)N1CCC2(CC1)SCC(=O)N2c1cccc(C)c1. The first-order valence-corrected chi connectivity index (χ1v) is 11.4. The Balaban J connectivity index is 1.58. The predicted molar refractivity (Wildman–Crippen MR) is 113 cm³/mol. The Morgan fingerprint density at radius 3 is 2.59 bits per heavy atom. The van der Waals surface area contributed by atoms with Gasteiger partial charge in [-0.05, 0) is 43.9 Å². The number of likely N-dealkylation sites (tertiary alicyclic amines) is 1. The number of amides is 2. The van der Waals surface area contributed by atoms with Crippen LogP contribution in [0.4, 0.5) is 5.69 Å². The lowest BCUT2D eigenvalue weighted by Crippen LogP contribution is -2.53. The van der Waals surface area contributed by atoms with Gasteiger partial charge >= 0.3 is 0 Å². The summed E-state index contributed by atoms with van der Waals surface area (Å²) in [6.45, 7) is 5.79. The third-order valence-electron chi connectivity index (χ3n) is 5.77. The number of carbonyl (C=O) groups is 2. The van der Waals surface area contributed by atoms with Gasteiger partial charge in [-0.15, -0.1) is 11.8 Å². The molecule has 2 aliphatic heterocycles. The molecular weight excluding hydrogens is 356 g/mol. The van der Waals surface area contributed by atoms with Crippen LogP contribution >= 0.6 is 11.8 Å². The van der Waals surface area contributed by atoms with Gasteiger partial charge in [-0.1, -0.05) is 44.7 Å². The maximum Gasteiger partial charge on any atom is 0.238 e. The Kier molecular flexibility index (Phi) is 6.85. The molecule has 0 aliphatic carbocycles. The lowest BCUT2D eigenvalue weighted by molar-refractivity contribution is -0.132. The number of thioether (sulfide) groups is 1. The van der Waals surface area contributed by atoms with E-state index >= 15 is 0 Å². The molecule has 3 rings (SSSR count). The van der Waals surface area contributed by atoms with E-state index in [1.165, 1.54) is 24.8 Å². The summed E-state index contributed by atoms with van der Waals surface area (Å²) >= 11 is 1.76. The maximum absolute atomic E-state index is 12.6. The summed E-state index contributed by atoms with van der Waals surface area (Å²) in [5, 5.41) is 0. The second-order valence-corrected chi connectivity index (χ2v) is 9.19. The van der Waals surface area contributed by atoms with E-state index in [0.717, 1.165) is 44.5 Å². The number of anilines is 1. The minimum Gasteiger partial charge on any atom is -0.342 e. The van der Waals surface area contributed by atoms with Gasteiger partial charge in [-0.25, -0.2) is 0 Å². The summed E-state index contributed by atoms with van der Waals surface area (Å²) in [6.07, 6.45) is 8.28. The normalized spacial score (nSPS) is 19.1. The molecule has 0 bridgehead atoms. The zero-order valence-corrected chi connectivity index (χ0v) is 17.5. The van der Waals surface area contributed by atoms with E-state index in [4.69, 9.17) is 0 Å². The molecule has 2 amide bonds. The summed E-state index contributed by atoms with van der Waals surface area (Å²) < 4.78 is 0. The Hall–Kier alpha value is -1.49. The number of piperidine rings is 1. The Morgan fingerprint density at radius 2 is 1.89 bits per heavy atom. The molecule has 2 heterocycles. The van der Waals surface area contributed by atoms with Crippen molar-refractivity contribution in [2.75, 3.05) is 23.7 Å². The highest BCUT2D eigenvalue weighted by atomic mass is 32.2. The first-order valence-electron chi connectivity index (χ1n) is 10.4. The molecule has 1 aromatic rings. The fourth-order valence-electron chi connectivity index (χ4n) is 4.21. The van der Waals surface area contributed by atoms with Crippen molar-refractivity contribution in [2.24, 2.45) is 0 Å². The van der Waals surface area contributed by atoms with Gasteiger partial charge in [-0.3, -0.25) is 14.5 Å². The summed E-state index contributed by atoms with van der Waals surface area (Å²) in [7, 11) is 0. The van der Waals surface area contributed by atoms with Crippen LogP contribution in [-0.4, -0.2) is 40.4 Å². The number of hydrogen-bond donors (Lipinski definition) is 0. The summed E-state index contributed by atoms with van der Waals surface area (Å²) in [4.78, 5) is 29.0. The van der Waals surface area contributed by atoms with Crippen molar-refractivity contribution in [3.63, 3.8) is 0 Å². The number of rotatable bonds is 7. The fraction of sp³-hybridized carbons (Fsp3) is 0.636. The molecule has 1 spiro atoms. The van der Waals surface area contributed by atoms with Crippen molar-refractivity contribution >= 4 is 29.3 Å². The molecule has 148 valence electrons. The number of hydrogen-bond acceptors (Lipinski definition) is 3. The van der Waals surface area contributed by atoms with Crippen molar-refractivity contribution in [3.8, 4) is 0 Å². The third-order valence-corrected chi connectivity index (χ3v) is 7.29. The van der Waals surface area contributed by atoms with Crippen LogP contribution < -0.4 is 4.90 Å². The molecule has 1 aromatic carbocycles. The van der Waals surface area contributed by atoms with Crippen LogP contribution in [0.5, 0.6) is 0 Å². The molecule has 2 saturated heterocycles. The van der Waals surface area contributed by atoms with E-state index in [9.17, 15) is 9.59 Å². The van der Waals surface area contributed by atoms with Crippen LogP contribution in [-0.2, 0) is 9.59 Å². The highest BCUT2D eigenvalue weighted by Gasteiger charge is 2.49. The van der Waals surface area contributed by atoms with Crippen LogP contribution in [0, 0.1) is 6.92 Å². The lowest BCUT2D eigenvalue weighted by Gasteiger charge is -2.44. The molecule has 0 aromatic heterocycles. The van der Waals surface area contributed by atoms with Crippen LogP contribution in [0.2, 0.25) is 0 Å². The second-order valence-electron chi connectivity index (χ2n) is 7.85. The van der Waals surface area contributed by atoms with Crippen molar-refractivity contribution in [1.29, 1.82) is 0 Å². The molecule has 2 fully saturated rings. The number of unbranched alkanes of at least 4 members (excludes halogenated alkanes) is 4. The number of carbonyl (C=O) groups excluding carboxylic acids is 2. The van der Waals surface area contributed by atoms with Gasteiger partial charge in [0.15, 0.2) is 0 Å². The third kappa shape index (κ3) is 4.68. The minimum atomic E-state index is -0.178. The average Bonchev–Trinajstić information content (AvgIpc) is 2.98. The van der Waals surface area contributed by atoms with Gasteiger partial charge in [0.05, 0.1) is 10.6 Å². The molecular formula is C22H32N2O2S. The van der Waals surface area contributed by atoms with Crippen molar-refractivity contribution in [2.45, 2.75) is 70.1 Å². The molecule has 0 atom stereocenters. The smallest absolute Gasteiger partial charge is 0.238 e. The summed E-state index contributed by atoms with van der Waals surface area (Å²) in [5.74, 6) is 1.03. The summed E-state index contributed by atoms with van der Waals surface area (Å²) in [6, 6.07) is 8.21. The first-order chi connectivity index (χ1) is 13.1. The molecule has 4 nitrogen and oxygen atoms in total. The molecule has 5 heteroatoms. The highest BCUT2D eigenvalue weighted by Crippen LogP contribution is 2.46. The van der Waals surface area contributed by atoms with E-state index in [2.05, 4.69) is 26.0 Å². The molecule has 0 unspecified atom stereocenters. The topological polar surface area (TPSA) is 40.6 Å². The van der Waals surface area contributed by atoms with E-state index in [1.807, 2.05) is 21.9 Å². The standard InChI is InChI=1S/C22H32N2O2S/c1-3-4-5-6-7-11-20(25)23-14-12-22(13-15-23)24(21(26)17-27-22)19-10-8-9-18(2)16-19/h8-10,16H,3-7,11-15,17H2,1-2H3. The summed E-state index contributed by atoms with van der Waals surface area (Å²) in [5.41, 5.74) is 2.17. The molecule has 0 N–H and O–H groups in total. The predicted octanol–water partition coefficient (Wildman–Crippen LogP) is 4.75. The van der Waals surface area contributed by atoms with Crippen LogP contribution in [0.1, 0.15) is 63.9 Å². The van der Waals surface area contributed by atoms with Crippen molar-refractivity contribution in [1.82, 2.24) is 4.90 Å². The first kappa shape index (κ1) is 20.2. The average molecular weight is 389 g/mol. The molecule has 27 heavy (non-hydrogen) atoms. The zero-order chi connectivity index (χ0) is 19.3. The highest BCUT2D eigenvalue weighted by molar-refractivity contribution is 8.02. The quantitative estimate of drug-likeness (QED) is 0.633. The van der Waals surface area contributed by atoms with Crippen LogP contribution in [0.25, 0.3) is 0 Å². The Labute approximate surface area is 167 Å². The minimum absolute atomic E-state index is 0.178. The van der Waals surface area contributed by atoms with Gasteiger partial charge in [0.1, 0.15) is 0 Å². The number of nitrogens with zero attached hydrogens (tertiary/aromatic N) is 2. The van der Waals surface area contributed by atoms with E-state index < -0.39 is 0 Å². The fourth-order valence-corrected chi connectivity index (χ4v) is 5.54. The van der Waals surface area contributed by atoms with Crippen molar-refractivity contribution in [3.05, 3.63) is 29.8 Å². The number of aryl methyl sites for hydroxylation is 1. The second kappa shape index (κ2) is 9.13. The van der Waals surface area contributed by atoms with Crippen molar-refractivity contribution < 1.29 is 9.59 Å². The van der Waals surface area contributed by atoms with E-state index in [-0.39, 0.29) is 16.7 Å². The maximum atomic E-state index is 12.6. The monoisotopic (exact) mass is 388 g/mol. The zero-order valence-electron chi connectivity index (χ0n) is 16.7. The van der Waals surface area contributed by atoms with Gasteiger partial charge < -0.3 is 4.90 Å². The van der Waals surface area contributed by atoms with Gasteiger partial charge in [0, 0.05) is 25.2 Å². The largest absolute Gasteiger partial charge is 0.342 e. The molecule has 2 aliphatic rings. The van der Waals surface area contributed by atoms with Gasteiger partial charge in [0.25, 0.3) is 0 Å². The molecule has 0 radical (unpaired) electrons. The van der Waals surface area contributed by atoms with Crippen LogP contribution in [0.15, 0.2) is 24.3 Å². The lowest BCUT2D eigenvalue weighted by atomic mass is 10.00. The number of benzene rings is 1. The van der Waals surface area contributed by atoms with E-state index in [0.29, 0.717) is 12.2 Å². The Bertz CT molecular complexity index is 668. The van der Waals surface area contributed by atoms with Crippen LogP contribution in [0.3, 0.4) is 0 Å². The Morgan fingerprint density at radius 1 is 1.15 bits per heavy atom. The van der Waals surface area contributed by atoms with E-state index in [1.54, 1.807) is 11.8 Å².